The Morgan fingerprint density at radius 2 is 1.96 bits per heavy atom. The molecule has 2 aromatic carbocycles. The molecule has 0 fully saturated rings. The minimum Gasteiger partial charge on any atom is -0.483 e. The highest BCUT2D eigenvalue weighted by Crippen LogP contribution is 2.25. The fraction of sp³-hybridized carbons (Fsp3) is 0.304. The van der Waals surface area contributed by atoms with Gasteiger partial charge in [0.05, 0.1) is 0 Å². The van der Waals surface area contributed by atoms with E-state index in [0.717, 1.165) is 47.8 Å². The molecule has 1 aliphatic rings. The number of benzene rings is 2. The molecule has 5 nitrogen and oxygen atoms in total. The van der Waals surface area contributed by atoms with Gasteiger partial charge in [-0.15, -0.1) is 0 Å². The van der Waals surface area contributed by atoms with E-state index in [1.807, 2.05) is 54.7 Å². The van der Waals surface area contributed by atoms with Crippen molar-refractivity contribution in [3.05, 3.63) is 66.0 Å². The van der Waals surface area contributed by atoms with Crippen molar-refractivity contribution < 1.29 is 9.53 Å². The van der Waals surface area contributed by atoms with Gasteiger partial charge in [0.15, 0.2) is 6.61 Å². The molecule has 5 heteroatoms. The number of imidazole rings is 1. The van der Waals surface area contributed by atoms with E-state index in [0.29, 0.717) is 0 Å². The lowest BCUT2D eigenvalue weighted by molar-refractivity contribution is -0.118. The number of hydrogen-bond donors (Lipinski definition) is 1. The minimum atomic E-state index is -0.170. The molecule has 1 N–H and O–H groups in total. The zero-order valence-corrected chi connectivity index (χ0v) is 16.1. The predicted octanol–water partition coefficient (Wildman–Crippen LogP) is 4.47. The molecule has 0 aliphatic carbocycles. The normalized spacial score (nSPS) is 13.0. The summed E-state index contributed by atoms with van der Waals surface area (Å²) in [4.78, 5) is 16.8. The Labute approximate surface area is 165 Å². The number of aryl methyl sites for hydroxylation is 2. The molecule has 0 radical (unpaired) electrons. The largest absolute Gasteiger partial charge is 0.483 e. The van der Waals surface area contributed by atoms with Gasteiger partial charge in [-0.3, -0.25) is 4.79 Å². The number of para-hydroxylation sites is 1. The predicted molar refractivity (Wildman–Crippen MR) is 111 cm³/mol. The highest BCUT2D eigenvalue weighted by molar-refractivity contribution is 5.92. The molecule has 0 spiro atoms. The van der Waals surface area contributed by atoms with Gasteiger partial charge < -0.3 is 14.6 Å². The van der Waals surface area contributed by atoms with Gasteiger partial charge in [-0.25, -0.2) is 4.98 Å². The standard InChI is InChI=1S/C23H25N3O2/c1-2-17-7-3-4-9-21(17)28-16-22(27)25-19-12-10-18(11-13-19)23-24-15-20-8-5-6-14-26(20)23/h3-4,7,9-13,15H,2,5-6,8,14,16H2,1H3,(H,25,27). The molecular weight excluding hydrogens is 350 g/mol. The van der Waals surface area contributed by atoms with Gasteiger partial charge in [0.2, 0.25) is 0 Å². The Kier molecular flexibility index (Phi) is 5.42. The van der Waals surface area contributed by atoms with Crippen LogP contribution in [0.3, 0.4) is 0 Å². The molecule has 3 aromatic rings. The second-order valence-corrected chi connectivity index (χ2v) is 7.06. The molecule has 0 saturated heterocycles. The molecule has 1 aromatic heterocycles. The third-order valence-electron chi connectivity index (χ3n) is 5.14. The van der Waals surface area contributed by atoms with E-state index in [4.69, 9.17) is 4.74 Å². The van der Waals surface area contributed by atoms with E-state index in [2.05, 4.69) is 21.8 Å². The lowest BCUT2D eigenvalue weighted by Crippen LogP contribution is -2.20. The van der Waals surface area contributed by atoms with Crippen LogP contribution in [0.1, 0.15) is 31.0 Å². The molecule has 0 saturated carbocycles. The van der Waals surface area contributed by atoms with Crippen molar-refractivity contribution >= 4 is 11.6 Å². The van der Waals surface area contributed by atoms with Crippen LogP contribution in [-0.2, 0) is 24.2 Å². The summed E-state index contributed by atoms with van der Waals surface area (Å²) >= 11 is 0. The molecule has 1 amide bonds. The fourth-order valence-corrected chi connectivity index (χ4v) is 3.65. The summed E-state index contributed by atoms with van der Waals surface area (Å²) < 4.78 is 7.98. The molecule has 28 heavy (non-hydrogen) atoms. The van der Waals surface area contributed by atoms with E-state index in [-0.39, 0.29) is 12.5 Å². The zero-order chi connectivity index (χ0) is 19.3. The van der Waals surface area contributed by atoms with Crippen LogP contribution in [0.25, 0.3) is 11.4 Å². The van der Waals surface area contributed by atoms with E-state index in [1.165, 1.54) is 18.5 Å². The van der Waals surface area contributed by atoms with Crippen LogP contribution in [0.15, 0.2) is 54.7 Å². The second-order valence-electron chi connectivity index (χ2n) is 7.06. The van der Waals surface area contributed by atoms with Crippen molar-refractivity contribution in [3.63, 3.8) is 0 Å². The average Bonchev–Trinajstić information content (AvgIpc) is 3.17. The van der Waals surface area contributed by atoms with Gasteiger partial charge in [0.25, 0.3) is 5.91 Å². The van der Waals surface area contributed by atoms with E-state index >= 15 is 0 Å². The zero-order valence-electron chi connectivity index (χ0n) is 16.1. The number of nitrogens with zero attached hydrogens (tertiary/aromatic N) is 2. The van der Waals surface area contributed by atoms with Crippen LogP contribution in [0.2, 0.25) is 0 Å². The summed E-state index contributed by atoms with van der Waals surface area (Å²) in [7, 11) is 0. The summed E-state index contributed by atoms with van der Waals surface area (Å²) in [5.74, 6) is 1.60. The molecule has 0 bridgehead atoms. The number of hydrogen-bond acceptors (Lipinski definition) is 3. The number of anilines is 1. The third kappa shape index (κ3) is 3.93. The summed E-state index contributed by atoms with van der Waals surface area (Å²) in [5, 5.41) is 2.89. The van der Waals surface area contributed by atoms with Gasteiger partial charge in [0.1, 0.15) is 11.6 Å². The lowest BCUT2D eigenvalue weighted by atomic mass is 10.1. The molecule has 2 heterocycles. The quantitative estimate of drug-likeness (QED) is 0.692. The summed E-state index contributed by atoms with van der Waals surface area (Å²) in [6, 6.07) is 15.6. The van der Waals surface area contributed by atoms with E-state index in [9.17, 15) is 4.79 Å². The number of fused-ring (bicyclic) bond motifs is 1. The Morgan fingerprint density at radius 1 is 1.14 bits per heavy atom. The highest BCUT2D eigenvalue weighted by atomic mass is 16.5. The first-order valence-electron chi connectivity index (χ1n) is 9.90. The Bertz CT molecular complexity index is 960. The minimum absolute atomic E-state index is 0.00741. The van der Waals surface area contributed by atoms with Crippen LogP contribution >= 0.6 is 0 Å². The van der Waals surface area contributed by atoms with Crippen molar-refractivity contribution in [2.75, 3.05) is 11.9 Å². The fourth-order valence-electron chi connectivity index (χ4n) is 3.65. The number of carbonyl (C=O) groups is 1. The monoisotopic (exact) mass is 375 g/mol. The maximum absolute atomic E-state index is 12.2. The Balaban J connectivity index is 1.38. The van der Waals surface area contributed by atoms with Gasteiger partial charge >= 0.3 is 0 Å². The van der Waals surface area contributed by atoms with Crippen LogP contribution in [0.4, 0.5) is 5.69 Å². The molecule has 0 atom stereocenters. The molecular formula is C23H25N3O2. The second kappa shape index (κ2) is 8.30. The number of amides is 1. The van der Waals surface area contributed by atoms with Gasteiger partial charge in [-0.2, -0.15) is 0 Å². The van der Waals surface area contributed by atoms with Gasteiger partial charge in [0, 0.05) is 29.7 Å². The summed E-state index contributed by atoms with van der Waals surface area (Å²) in [6.45, 7) is 3.09. The number of ether oxygens (including phenoxy) is 1. The average molecular weight is 375 g/mol. The van der Waals surface area contributed by atoms with Crippen LogP contribution in [-0.4, -0.2) is 22.1 Å². The lowest BCUT2D eigenvalue weighted by Gasteiger charge is -2.16. The molecule has 144 valence electrons. The van der Waals surface area contributed by atoms with Crippen molar-refractivity contribution in [3.8, 4) is 17.1 Å². The Hall–Kier alpha value is -3.08. The van der Waals surface area contributed by atoms with Crippen molar-refractivity contribution in [2.24, 2.45) is 0 Å². The van der Waals surface area contributed by atoms with Crippen LogP contribution in [0, 0.1) is 0 Å². The SMILES string of the molecule is CCc1ccccc1OCC(=O)Nc1ccc(-c2ncc3n2CCCC3)cc1. The first-order valence-corrected chi connectivity index (χ1v) is 9.90. The van der Waals surface area contributed by atoms with Crippen LogP contribution < -0.4 is 10.1 Å². The summed E-state index contributed by atoms with van der Waals surface area (Å²) in [5.41, 5.74) is 4.23. The number of nitrogens with one attached hydrogen (secondary N) is 1. The molecule has 4 rings (SSSR count). The molecule has 1 aliphatic heterocycles. The van der Waals surface area contributed by atoms with Crippen molar-refractivity contribution in [1.29, 1.82) is 0 Å². The van der Waals surface area contributed by atoms with Crippen LogP contribution in [0.5, 0.6) is 5.75 Å². The number of rotatable bonds is 6. The smallest absolute Gasteiger partial charge is 0.262 e. The van der Waals surface area contributed by atoms with E-state index in [1.54, 1.807) is 0 Å². The van der Waals surface area contributed by atoms with E-state index < -0.39 is 0 Å². The highest BCUT2D eigenvalue weighted by Gasteiger charge is 2.15. The van der Waals surface area contributed by atoms with Gasteiger partial charge in [-0.05, 0) is 61.6 Å². The maximum Gasteiger partial charge on any atom is 0.262 e. The third-order valence-corrected chi connectivity index (χ3v) is 5.14. The number of carbonyl (C=O) groups excluding carboxylic acids is 1. The first-order chi connectivity index (χ1) is 13.7. The maximum atomic E-state index is 12.2. The first kappa shape index (κ1) is 18.3. The Morgan fingerprint density at radius 3 is 2.79 bits per heavy atom. The number of aromatic nitrogens is 2. The summed E-state index contributed by atoms with van der Waals surface area (Å²) in [6.07, 6.45) is 6.39. The topological polar surface area (TPSA) is 56.1 Å². The van der Waals surface area contributed by atoms with Crippen molar-refractivity contribution in [1.82, 2.24) is 9.55 Å². The molecule has 0 unspecified atom stereocenters. The van der Waals surface area contributed by atoms with Crippen molar-refractivity contribution in [2.45, 2.75) is 39.2 Å². The van der Waals surface area contributed by atoms with Gasteiger partial charge in [-0.1, -0.05) is 25.1 Å².